The molecule has 0 aliphatic heterocycles. The molecule has 148 valence electrons. The van der Waals surface area contributed by atoms with Crippen molar-refractivity contribution in [3.8, 4) is 0 Å². The molecule has 0 bridgehead atoms. The van der Waals surface area contributed by atoms with E-state index in [0.29, 0.717) is 28.0 Å². The average Bonchev–Trinajstić information content (AvgIpc) is 2.65. The quantitative estimate of drug-likeness (QED) is 0.238. The molecule has 0 amide bonds. The number of fused-ring (bicyclic) bond motifs is 2. The van der Waals surface area contributed by atoms with E-state index in [4.69, 9.17) is 0 Å². The van der Waals surface area contributed by atoms with Gasteiger partial charge in [0.05, 0.1) is 9.79 Å². The van der Waals surface area contributed by atoms with E-state index in [0.717, 1.165) is 11.1 Å². The number of hydrogen-bond donors (Lipinski definition) is 0. The Morgan fingerprint density at radius 2 is 0.968 bits per heavy atom. The predicted octanol–water partition coefficient (Wildman–Crippen LogP) is -2.60. The fourth-order valence-corrected chi connectivity index (χ4v) is 4.90. The minimum absolute atomic E-state index is 0. The molecule has 0 aliphatic rings. The van der Waals surface area contributed by atoms with Crippen molar-refractivity contribution in [1.82, 2.24) is 0 Å². The fraction of sp³-hybridized carbons (Fsp3) is 0.0476. The first-order chi connectivity index (χ1) is 13.6. The Labute approximate surface area is 224 Å². The summed E-state index contributed by atoms with van der Waals surface area (Å²) in [4.78, 5) is -0.503. The first-order valence-corrected chi connectivity index (χ1v) is 11.4. The third-order valence-electron chi connectivity index (χ3n) is 4.76. The zero-order valence-electron chi connectivity index (χ0n) is 16.9. The number of hydrogen-bond acceptors (Lipinski definition) is 6. The SMILES string of the molecule is O=S(=O)([O-])c1cccc2cc(Cc3ccc4c(S(=O)(=O)[O-])cccc4c3)ccc12.[Na+].[Na+]. The van der Waals surface area contributed by atoms with Crippen LogP contribution >= 0.6 is 0 Å². The summed E-state index contributed by atoms with van der Waals surface area (Å²) in [7, 11) is -9.13. The molecule has 0 saturated heterocycles. The molecule has 4 rings (SSSR count). The van der Waals surface area contributed by atoms with Crippen LogP contribution in [0.5, 0.6) is 0 Å². The summed E-state index contributed by atoms with van der Waals surface area (Å²) in [6.07, 6.45) is 0.509. The van der Waals surface area contributed by atoms with Crippen LogP contribution in [0.15, 0.2) is 82.6 Å². The molecule has 4 aromatic rings. The van der Waals surface area contributed by atoms with Crippen LogP contribution < -0.4 is 59.1 Å². The van der Waals surface area contributed by atoms with Crippen molar-refractivity contribution in [3.05, 3.63) is 83.9 Å². The van der Waals surface area contributed by atoms with Crippen LogP contribution in [0.1, 0.15) is 11.1 Å². The largest absolute Gasteiger partial charge is 1.00 e. The van der Waals surface area contributed by atoms with Crippen molar-refractivity contribution < 1.29 is 85.1 Å². The van der Waals surface area contributed by atoms with Crippen LogP contribution in [-0.2, 0) is 26.7 Å². The topological polar surface area (TPSA) is 114 Å². The molecule has 0 saturated carbocycles. The van der Waals surface area contributed by atoms with Crippen LogP contribution in [-0.4, -0.2) is 25.9 Å². The number of benzene rings is 4. The maximum atomic E-state index is 11.4. The minimum Gasteiger partial charge on any atom is -0.744 e. The molecule has 6 nitrogen and oxygen atoms in total. The van der Waals surface area contributed by atoms with E-state index in [1.54, 1.807) is 36.4 Å². The summed E-state index contributed by atoms with van der Waals surface area (Å²) < 4.78 is 68.5. The zero-order valence-corrected chi connectivity index (χ0v) is 22.5. The van der Waals surface area contributed by atoms with Gasteiger partial charge in [0, 0.05) is 0 Å². The summed E-state index contributed by atoms with van der Waals surface area (Å²) >= 11 is 0. The van der Waals surface area contributed by atoms with E-state index < -0.39 is 20.2 Å². The van der Waals surface area contributed by atoms with Gasteiger partial charge in [-0.05, 0) is 51.2 Å². The molecule has 0 unspecified atom stereocenters. The van der Waals surface area contributed by atoms with Gasteiger partial charge >= 0.3 is 59.1 Å². The molecule has 0 atom stereocenters. The summed E-state index contributed by atoms with van der Waals surface area (Å²) in [5, 5.41) is 2.02. The van der Waals surface area contributed by atoms with E-state index in [-0.39, 0.29) is 68.9 Å². The van der Waals surface area contributed by atoms with Gasteiger partial charge in [-0.25, -0.2) is 16.8 Å². The van der Waals surface area contributed by atoms with Crippen molar-refractivity contribution in [2.24, 2.45) is 0 Å². The van der Waals surface area contributed by atoms with Crippen LogP contribution in [0.25, 0.3) is 21.5 Å². The van der Waals surface area contributed by atoms with Gasteiger partial charge in [0.15, 0.2) is 0 Å². The Balaban J connectivity index is 0.00000171. The van der Waals surface area contributed by atoms with Gasteiger partial charge in [-0.3, -0.25) is 0 Å². The van der Waals surface area contributed by atoms with E-state index in [9.17, 15) is 25.9 Å². The van der Waals surface area contributed by atoms with Crippen LogP contribution in [0, 0.1) is 0 Å². The summed E-state index contributed by atoms with van der Waals surface area (Å²) in [6.45, 7) is 0. The van der Waals surface area contributed by atoms with Crippen molar-refractivity contribution in [1.29, 1.82) is 0 Å². The van der Waals surface area contributed by atoms with Crippen molar-refractivity contribution in [2.45, 2.75) is 16.2 Å². The fourth-order valence-electron chi connectivity index (χ4n) is 3.50. The number of rotatable bonds is 4. The van der Waals surface area contributed by atoms with Crippen molar-refractivity contribution >= 4 is 41.8 Å². The third kappa shape index (κ3) is 5.78. The maximum absolute atomic E-state index is 11.4. The first kappa shape index (κ1) is 26.5. The molecule has 0 aliphatic carbocycles. The molecule has 31 heavy (non-hydrogen) atoms. The van der Waals surface area contributed by atoms with Crippen molar-refractivity contribution in [2.75, 3.05) is 0 Å². The Morgan fingerprint density at radius 1 is 0.581 bits per heavy atom. The molecule has 0 fully saturated rings. The van der Waals surface area contributed by atoms with Crippen molar-refractivity contribution in [3.63, 3.8) is 0 Å². The molecule has 0 aromatic heterocycles. The van der Waals surface area contributed by atoms with Crippen LogP contribution in [0.2, 0.25) is 0 Å². The van der Waals surface area contributed by atoms with Crippen LogP contribution in [0.4, 0.5) is 0 Å². The summed E-state index contributed by atoms with van der Waals surface area (Å²) in [5.74, 6) is 0. The van der Waals surface area contributed by atoms with Gasteiger partial charge in [0.25, 0.3) is 0 Å². The summed E-state index contributed by atoms with van der Waals surface area (Å²) in [5.41, 5.74) is 1.79. The molecule has 0 spiro atoms. The van der Waals surface area contributed by atoms with Gasteiger partial charge in [0.1, 0.15) is 20.2 Å². The third-order valence-corrected chi connectivity index (χ3v) is 6.55. The monoisotopic (exact) mass is 472 g/mol. The first-order valence-electron chi connectivity index (χ1n) is 8.58. The van der Waals surface area contributed by atoms with E-state index >= 15 is 0 Å². The Morgan fingerprint density at radius 3 is 1.32 bits per heavy atom. The smallest absolute Gasteiger partial charge is 0.744 e. The normalized spacial score (nSPS) is 11.7. The Bertz CT molecular complexity index is 1370. The molecular formula is C21H14Na2O6S2. The van der Waals surface area contributed by atoms with Gasteiger partial charge in [-0.1, -0.05) is 60.7 Å². The molecule has 0 radical (unpaired) electrons. The molecule has 0 heterocycles. The average molecular weight is 472 g/mol. The van der Waals surface area contributed by atoms with Gasteiger partial charge in [-0.2, -0.15) is 0 Å². The molecule has 4 aromatic carbocycles. The molecule has 0 N–H and O–H groups in total. The second-order valence-electron chi connectivity index (χ2n) is 6.71. The predicted molar refractivity (Wildman–Crippen MR) is 107 cm³/mol. The zero-order chi connectivity index (χ0) is 20.8. The maximum Gasteiger partial charge on any atom is 1.00 e. The minimum atomic E-state index is -4.57. The van der Waals surface area contributed by atoms with E-state index in [1.165, 1.54) is 24.3 Å². The van der Waals surface area contributed by atoms with Gasteiger partial charge < -0.3 is 9.11 Å². The van der Waals surface area contributed by atoms with E-state index in [1.807, 2.05) is 12.1 Å². The standard InChI is InChI=1S/C21H16O6S2.2Na/c22-28(23,24)20-5-1-3-16-12-14(7-9-18(16)20)11-15-8-10-19-17(13-15)4-2-6-21(19)29(25,26)27;;/h1-10,12-13H,11H2,(H,22,23,24)(H,25,26,27);;/q;2*+1/p-2. The summed E-state index contributed by atoms with van der Waals surface area (Å²) in [6, 6.07) is 19.4. The Hall–Kier alpha value is -0.780. The second-order valence-corrected chi connectivity index (χ2v) is 9.40. The van der Waals surface area contributed by atoms with Crippen LogP contribution in [0.3, 0.4) is 0 Å². The molecule has 10 heteroatoms. The van der Waals surface area contributed by atoms with E-state index in [2.05, 4.69) is 0 Å². The second kappa shape index (κ2) is 10.0. The Kier molecular flexibility index (Phi) is 8.55. The molecular weight excluding hydrogens is 458 g/mol. The van der Waals surface area contributed by atoms with Gasteiger partial charge in [-0.15, -0.1) is 0 Å². The van der Waals surface area contributed by atoms with Gasteiger partial charge in [0.2, 0.25) is 0 Å².